The molecule has 1 unspecified atom stereocenters. The minimum absolute atomic E-state index is 0.689. The van der Waals surface area contributed by atoms with Crippen LogP contribution in [0.15, 0.2) is 35.5 Å². The molecule has 90 valence electrons. The van der Waals surface area contributed by atoms with Gasteiger partial charge in [0.2, 0.25) is 0 Å². The van der Waals surface area contributed by atoms with E-state index in [9.17, 15) is 0 Å². The number of allylic oxidation sites excluding steroid dienone is 6. The summed E-state index contributed by atoms with van der Waals surface area (Å²) in [4.78, 5) is 0. The molecule has 1 aliphatic carbocycles. The first-order chi connectivity index (χ1) is 7.72. The van der Waals surface area contributed by atoms with E-state index < -0.39 is 0 Å². The van der Waals surface area contributed by atoms with Crippen molar-refractivity contribution in [3.63, 3.8) is 0 Å². The Morgan fingerprint density at radius 3 is 2.81 bits per heavy atom. The summed E-state index contributed by atoms with van der Waals surface area (Å²) in [6, 6.07) is 0. The van der Waals surface area contributed by atoms with Crippen LogP contribution in [0.4, 0.5) is 0 Å². The number of unbranched alkanes of at least 4 members (excludes halogenated alkanes) is 3. The fraction of sp³-hybridized carbons (Fsp3) is 0.625. The molecule has 0 heterocycles. The van der Waals surface area contributed by atoms with Gasteiger partial charge >= 0.3 is 0 Å². The summed E-state index contributed by atoms with van der Waals surface area (Å²) in [6.45, 7) is 6.76. The van der Waals surface area contributed by atoms with Crippen molar-refractivity contribution in [2.24, 2.45) is 5.92 Å². The SMILES string of the molecule is CCCCCCC1=C\CC(C)/C=C/C(C)=C\1. The highest BCUT2D eigenvalue weighted by molar-refractivity contribution is 5.30. The van der Waals surface area contributed by atoms with Gasteiger partial charge in [-0.1, -0.05) is 68.6 Å². The van der Waals surface area contributed by atoms with Crippen LogP contribution in [-0.4, -0.2) is 0 Å². The Bertz CT molecular complexity index is 278. The molecule has 0 amide bonds. The highest BCUT2D eigenvalue weighted by Crippen LogP contribution is 2.19. The van der Waals surface area contributed by atoms with Crippen LogP contribution in [0.1, 0.15) is 59.3 Å². The predicted molar refractivity (Wildman–Crippen MR) is 73.5 cm³/mol. The topological polar surface area (TPSA) is 0 Å². The van der Waals surface area contributed by atoms with E-state index in [0.29, 0.717) is 5.92 Å². The summed E-state index contributed by atoms with van der Waals surface area (Å²) in [7, 11) is 0. The highest BCUT2D eigenvalue weighted by atomic mass is 14.1. The summed E-state index contributed by atoms with van der Waals surface area (Å²) in [5.74, 6) is 0.689. The molecule has 0 radical (unpaired) electrons. The average Bonchev–Trinajstić information content (AvgIpc) is 2.26. The zero-order chi connectivity index (χ0) is 11.8. The second-order valence-electron chi connectivity index (χ2n) is 5.05. The van der Waals surface area contributed by atoms with E-state index in [1.54, 1.807) is 5.57 Å². The molecule has 0 heteroatoms. The second kappa shape index (κ2) is 7.49. The second-order valence-corrected chi connectivity index (χ2v) is 5.05. The molecule has 1 aliphatic rings. The van der Waals surface area contributed by atoms with Crippen molar-refractivity contribution < 1.29 is 0 Å². The maximum absolute atomic E-state index is 2.43. The molecule has 0 fully saturated rings. The highest BCUT2D eigenvalue weighted by Gasteiger charge is 2.01. The third-order valence-electron chi connectivity index (χ3n) is 3.17. The van der Waals surface area contributed by atoms with Crippen molar-refractivity contribution in [3.8, 4) is 0 Å². The Morgan fingerprint density at radius 1 is 1.25 bits per heavy atom. The van der Waals surface area contributed by atoms with Gasteiger partial charge in [0.25, 0.3) is 0 Å². The summed E-state index contributed by atoms with van der Waals surface area (Å²) in [5, 5.41) is 0. The van der Waals surface area contributed by atoms with Crippen LogP contribution in [-0.2, 0) is 0 Å². The van der Waals surface area contributed by atoms with Gasteiger partial charge in [0.05, 0.1) is 0 Å². The molecule has 0 aromatic carbocycles. The van der Waals surface area contributed by atoms with Crippen LogP contribution in [0.5, 0.6) is 0 Å². The fourth-order valence-corrected chi connectivity index (χ4v) is 2.06. The van der Waals surface area contributed by atoms with Gasteiger partial charge in [-0.05, 0) is 32.1 Å². The lowest BCUT2D eigenvalue weighted by Crippen LogP contribution is -1.92. The Labute approximate surface area is 101 Å². The van der Waals surface area contributed by atoms with E-state index in [0.717, 1.165) is 0 Å². The molecule has 0 aliphatic heterocycles. The predicted octanol–water partition coefficient (Wildman–Crippen LogP) is 5.43. The molecule has 0 saturated heterocycles. The number of hydrogen-bond donors (Lipinski definition) is 0. The maximum Gasteiger partial charge on any atom is -0.0224 e. The first-order valence-electron chi connectivity index (χ1n) is 6.78. The quantitative estimate of drug-likeness (QED) is 0.540. The van der Waals surface area contributed by atoms with Crippen molar-refractivity contribution in [2.75, 3.05) is 0 Å². The standard InChI is InChI=1S/C16H26/c1-4-5-6-7-8-16-12-11-14(2)9-10-15(3)13-16/h9-10,12-14H,4-8,11H2,1-3H3/b10-9+,15-13-,16-12+. The molecule has 1 rings (SSSR count). The van der Waals surface area contributed by atoms with Crippen molar-refractivity contribution >= 4 is 0 Å². The molecule has 0 aromatic heterocycles. The molecular formula is C16H26. The molecular weight excluding hydrogens is 192 g/mol. The van der Waals surface area contributed by atoms with Gasteiger partial charge in [-0.15, -0.1) is 0 Å². The van der Waals surface area contributed by atoms with Gasteiger partial charge in [0.1, 0.15) is 0 Å². The molecule has 0 bridgehead atoms. The smallest absolute Gasteiger partial charge is 0.0224 e. The van der Waals surface area contributed by atoms with Crippen LogP contribution in [0.3, 0.4) is 0 Å². The summed E-state index contributed by atoms with van der Waals surface area (Å²) >= 11 is 0. The van der Waals surface area contributed by atoms with E-state index in [4.69, 9.17) is 0 Å². The minimum Gasteiger partial charge on any atom is -0.0811 e. The lowest BCUT2D eigenvalue weighted by atomic mass is 9.96. The lowest BCUT2D eigenvalue weighted by molar-refractivity contribution is 0.663. The third-order valence-corrected chi connectivity index (χ3v) is 3.17. The van der Waals surface area contributed by atoms with Crippen LogP contribution >= 0.6 is 0 Å². The third kappa shape index (κ3) is 5.34. The molecule has 0 spiro atoms. The monoisotopic (exact) mass is 218 g/mol. The molecule has 16 heavy (non-hydrogen) atoms. The van der Waals surface area contributed by atoms with Crippen LogP contribution < -0.4 is 0 Å². The van der Waals surface area contributed by atoms with Gasteiger partial charge in [-0.3, -0.25) is 0 Å². The van der Waals surface area contributed by atoms with Gasteiger partial charge in [-0.2, -0.15) is 0 Å². The van der Waals surface area contributed by atoms with Crippen LogP contribution in [0, 0.1) is 5.92 Å². The fourth-order valence-electron chi connectivity index (χ4n) is 2.06. The van der Waals surface area contributed by atoms with Crippen molar-refractivity contribution in [3.05, 3.63) is 35.5 Å². The zero-order valence-corrected chi connectivity index (χ0v) is 11.1. The summed E-state index contributed by atoms with van der Waals surface area (Å²) in [5.41, 5.74) is 2.94. The number of hydrogen-bond acceptors (Lipinski definition) is 0. The average molecular weight is 218 g/mol. The Hall–Kier alpha value is -0.780. The summed E-state index contributed by atoms with van der Waals surface area (Å²) in [6.07, 6.45) is 17.3. The van der Waals surface area contributed by atoms with Gasteiger partial charge in [0.15, 0.2) is 0 Å². The zero-order valence-electron chi connectivity index (χ0n) is 11.1. The van der Waals surface area contributed by atoms with Crippen molar-refractivity contribution in [1.29, 1.82) is 0 Å². The molecule has 1 atom stereocenters. The van der Waals surface area contributed by atoms with E-state index in [1.807, 2.05) is 0 Å². The first kappa shape index (κ1) is 13.3. The van der Waals surface area contributed by atoms with Crippen molar-refractivity contribution in [1.82, 2.24) is 0 Å². The normalized spacial score (nSPS) is 29.6. The molecule has 0 saturated carbocycles. The largest absolute Gasteiger partial charge is 0.0811 e. The van der Waals surface area contributed by atoms with E-state index >= 15 is 0 Å². The van der Waals surface area contributed by atoms with E-state index in [2.05, 4.69) is 45.1 Å². The summed E-state index contributed by atoms with van der Waals surface area (Å²) < 4.78 is 0. The van der Waals surface area contributed by atoms with Crippen molar-refractivity contribution in [2.45, 2.75) is 59.3 Å². The van der Waals surface area contributed by atoms with Crippen LogP contribution in [0.25, 0.3) is 0 Å². The maximum atomic E-state index is 2.43. The minimum atomic E-state index is 0.689. The van der Waals surface area contributed by atoms with Gasteiger partial charge in [0, 0.05) is 0 Å². The molecule has 0 N–H and O–H groups in total. The van der Waals surface area contributed by atoms with Crippen LogP contribution in [0.2, 0.25) is 0 Å². The Morgan fingerprint density at radius 2 is 2.06 bits per heavy atom. The molecule has 0 aromatic rings. The Balaban J connectivity index is 2.47. The first-order valence-corrected chi connectivity index (χ1v) is 6.78. The lowest BCUT2D eigenvalue weighted by Gasteiger charge is -2.10. The Kier molecular flexibility index (Phi) is 6.22. The van der Waals surface area contributed by atoms with E-state index in [-0.39, 0.29) is 0 Å². The molecule has 0 nitrogen and oxygen atoms in total. The van der Waals surface area contributed by atoms with Gasteiger partial charge < -0.3 is 0 Å². The van der Waals surface area contributed by atoms with E-state index in [1.165, 1.54) is 44.1 Å². The van der Waals surface area contributed by atoms with Gasteiger partial charge in [-0.25, -0.2) is 0 Å². The number of rotatable bonds is 5.